The molecule has 1 aromatic heterocycles. The van der Waals surface area contributed by atoms with E-state index in [-0.39, 0.29) is 28.7 Å². The Labute approximate surface area is 204 Å². The Morgan fingerprint density at radius 2 is 1.80 bits per heavy atom. The lowest BCUT2D eigenvalue weighted by Gasteiger charge is -2.19. The van der Waals surface area contributed by atoms with E-state index in [2.05, 4.69) is 15.6 Å². The van der Waals surface area contributed by atoms with Gasteiger partial charge in [0.15, 0.2) is 0 Å². The topological polar surface area (TPSA) is 132 Å². The van der Waals surface area contributed by atoms with Crippen LogP contribution < -0.4 is 5.32 Å². The van der Waals surface area contributed by atoms with E-state index in [0.717, 1.165) is 22.3 Å². The Bertz CT molecular complexity index is 1420. The quantitative estimate of drug-likeness (QED) is 0.239. The highest BCUT2D eigenvalue weighted by atomic mass is 32.1. The average molecular weight is 490 g/mol. The zero-order chi connectivity index (χ0) is 24.5. The summed E-state index contributed by atoms with van der Waals surface area (Å²) >= 11 is 5.41. The van der Waals surface area contributed by atoms with E-state index < -0.39 is 23.7 Å². The number of fused-ring (bicyclic) bond motifs is 4. The van der Waals surface area contributed by atoms with E-state index in [1.165, 1.54) is 22.9 Å². The fourth-order valence-corrected chi connectivity index (χ4v) is 4.57. The molecule has 0 bridgehead atoms. The van der Waals surface area contributed by atoms with Crippen molar-refractivity contribution in [3.8, 4) is 11.1 Å². The first-order chi connectivity index (χ1) is 17.0. The van der Waals surface area contributed by atoms with Crippen molar-refractivity contribution in [1.29, 1.82) is 0 Å². The molecule has 0 radical (unpaired) electrons. The van der Waals surface area contributed by atoms with Gasteiger partial charge in [-0.1, -0.05) is 66.0 Å². The van der Waals surface area contributed by atoms with Gasteiger partial charge in [-0.3, -0.25) is 10.1 Å². The van der Waals surface area contributed by atoms with Crippen molar-refractivity contribution >= 4 is 40.0 Å². The third-order valence-electron chi connectivity index (χ3n) is 5.97. The summed E-state index contributed by atoms with van der Waals surface area (Å²) in [4.78, 5) is 23.2. The Kier molecular flexibility index (Phi) is 5.93. The van der Waals surface area contributed by atoms with Crippen LogP contribution >= 0.6 is 12.2 Å². The van der Waals surface area contributed by atoms with E-state index in [1.807, 2.05) is 48.5 Å². The molecule has 0 aliphatic heterocycles. The summed E-state index contributed by atoms with van der Waals surface area (Å²) < 4.78 is 6.71. The maximum Gasteiger partial charge on any atom is 0.407 e. The number of carbonyl (C=O) groups is 1. The second kappa shape index (κ2) is 9.20. The predicted molar refractivity (Wildman–Crippen MR) is 131 cm³/mol. The van der Waals surface area contributed by atoms with Gasteiger partial charge < -0.3 is 15.2 Å². The SMILES string of the molecule is O=C(N[C@@H](CO)C(=S)n1nnc2ccc([N+](=O)[O-])cc21)OCC1c2ccccc2-c2ccccc21. The van der Waals surface area contributed by atoms with Crippen molar-refractivity contribution in [3.63, 3.8) is 0 Å². The number of nitro groups is 1. The summed E-state index contributed by atoms with van der Waals surface area (Å²) in [5.74, 6) is -0.118. The van der Waals surface area contributed by atoms with Gasteiger partial charge in [0.25, 0.3) is 5.69 Å². The molecule has 5 rings (SSSR count). The highest BCUT2D eigenvalue weighted by Crippen LogP contribution is 2.44. The Morgan fingerprint density at radius 1 is 1.14 bits per heavy atom. The second-order valence-electron chi connectivity index (χ2n) is 7.97. The number of carbonyl (C=O) groups excluding carboxylic acids is 1. The van der Waals surface area contributed by atoms with Gasteiger partial charge in [-0.25, -0.2) is 9.48 Å². The average Bonchev–Trinajstić information content (AvgIpc) is 3.44. The standard InChI is InChI=1S/C24H19N5O5S/c30-12-21(23(35)28-22-11-14(29(32)33)9-10-20(22)26-27-28)25-24(31)34-13-19-17-7-3-1-5-15(17)16-6-2-4-8-18(16)19/h1-11,19,21,30H,12-13H2,(H,25,31)/t21-/m0/s1. The molecule has 0 saturated heterocycles. The van der Waals surface area contributed by atoms with Crippen molar-refractivity contribution in [2.75, 3.05) is 13.2 Å². The molecule has 0 spiro atoms. The number of hydrogen-bond acceptors (Lipinski definition) is 8. The van der Waals surface area contributed by atoms with Gasteiger partial charge >= 0.3 is 6.09 Å². The number of aliphatic hydroxyl groups excluding tert-OH is 1. The van der Waals surface area contributed by atoms with Crippen LogP contribution in [0.2, 0.25) is 0 Å². The normalized spacial score (nSPS) is 13.2. The van der Waals surface area contributed by atoms with Gasteiger partial charge in [-0.05, 0) is 28.3 Å². The lowest BCUT2D eigenvalue weighted by molar-refractivity contribution is -0.384. The van der Waals surface area contributed by atoms with E-state index in [0.29, 0.717) is 5.52 Å². The van der Waals surface area contributed by atoms with E-state index in [1.54, 1.807) is 0 Å². The lowest BCUT2D eigenvalue weighted by atomic mass is 9.98. The molecule has 3 aromatic carbocycles. The number of hydrogen-bond donors (Lipinski definition) is 2. The number of benzene rings is 3. The molecule has 0 saturated carbocycles. The van der Waals surface area contributed by atoms with E-state index in [4.69, 9.17) is 17.0 Å². The predicted octanol–water partition coefficient (Wildman–Crippen LogP) is 3.41. The van der Waals surface area contributed by atoms with Gasteiger partial charge in [0.05, 0.1) is 11.5 Å². The third-order valence-corrected chi connectivity index (χ3v) is 6.42. The molecule has 1 amide bonds. The summed E-state index contributed by atoms with van der Waals surface area (Å²) in [5.41, 5.74) is 4.89. The number of nitrogens with zero attached hydrogens (tertiary/aromatic N) is 4. The molecule has 0 unspecified atom stereocenters. The van der Waals surface area contributed by atoms with Crippen LogP contribution in [0.15, 0.2) is 66.7 Å². The van der Waals surface area contributed by atoms with E-state index in [9.17, 15) is 20.0 Å². The zero-order valence-corrected chi connectivity index (χ0v) is 19.0. The third kappa shape index (κ3) is 4.11. The van der Waals surface area contributed by atoms with Crippen LogP contribution in [0.1, 0.15) is 17.0 Å². The Hall–Kier alpha value is -4.22. The molecule has 0 fully saturated rings. The van der Waals surface area contributed by atoms with Crippen molar-refractivity contribution in [2.24, 2.45) is 0 Å². The number of rotatable bonds is 6. The molecule has 1 aliphatic rings. The van der Waals surface area contributed by atoms with Crippen molar-refractivity contribution < 1.29 is 19.6 Å². The smallest absolute Gasteiger partial charge is 0.407 e. The number of non-ortho nitro benzene ring substituents is 1. The first kappa shape index (κ1) is 22.6. The van der Waals surface area contributed by atoms with E-state index >= 15 is 0 Å². The summed E-state index contributed by atoms with van der Waals surface area (Å²) in [7, 11) is 0. The summed E-state index contributed by atoms with van der Waals surface area (Å²) in [5, 5.41) is 31.4. The number of aromatic nitrogens is 3. The number of nitro benzene ring substituents is 1. The maximum atomic E-state index is 12.6. The second-order valence-corrected chi connectivity index (χ2v) is 8.39. The monoisotopic (exact) mass is 489 g/mol. The molecule has 4 aromatic rings. The highest BCUT2D eigenvalue weighted by Gasteiger charge is 2.30. The van der Waals surface area contributed by atoms with Crippen LogP contribution in [0.5, 0.6) is 0 Å². The zero-order valence-electron chi connectivity index (χ0n) is 18.2. The number of thiocarbonyl (C=S) groups is 1. The van der Waals surface area contributed by atoms with Gasteiger partial charge in [-0.15, -0.1) is 5.10 Å². The number of ether oxygens (including phenoxy) is 1. The van der Waals surface area contributed by atoms with Gasteiger partial charge in [0.1, 0.15) is 28.7 Å². The van der Waals surface area contributed by atoms with Crippen LogP contribution in [0, 0.1) is 10.1 Å². The molecule has 1 atom stereocenters. The summed E-state index contributed by atoms with van der Waals surface area (Å²) in [6, 6.07) is 19.0. The molecule has 2 N–H and O–H groups in total. The van der Waals surface area contributed by atoms with Crippen LogP contribution in [-0.2, 0) is 4.74 Å². The molecule has 1 aliphatic carbocycles. The molecule has 1 heterocycles. The van der Waals surface area contributed by atoms with Crippen LogP contribution in [0.25, 0.3) is 22.2 Å². The number of nitrogens with one attached hydrogen (secondary N) is 1. The van der Waals surface area contributed by atoms with Crippen molar-refractivity contribution in [2.45, 2.75) is 12.0 Å². The van der Waals surface area contributed by atoms with Crippen molar-refractivity contribution in [1.82, 2.24) is 20.3 Å². The molecule has 35 heavy (non-hydrogen) atoms. The van der Waals surface area contributed by atoms with Crippen LogP contribution in [0.3, 0.4) is 0 Å². The van der Waals surface area contributed by atoms with Gasteiger partial charge in [-0.2, -0.15) is 0 Å². The maximum absolute atomic E-state index is 12.6. The Balaban J connectivity index is 1.30. The molecular formula is C24H19N5O5S. The number of alkyl carbamates (subject to hydrolysis) is 1. The first-order valence-corrected chi connectivity index (χ1v) is 11.1. The first-order valence-electron chi connectivity index (χ1n) is 10.7. The Morgan fingerprint density at radius 3 is 2.43 bits per heavy atom. The van der Waals surface area contributed by atoms with Crippen LogP contribution in [-0.4, -0.2) is 55.4 Å². The largest absolute Gasteiger partial charge is 0.449 e. The van der Waals surface area contributed by atoms with Gasteiger partial charge in [0, 0.05) is 18.1 Å². The number of amides is 1. The minimum atomic E-state index is -1.02. The fourth-order valence-electron chi connectivity index (χ4n) is 4.30. The highest BCUT2D eigenvalue weighted by molar-refractivity contribution is 7.80. The summed E-state index contributed by atoms with van der Waals surface area (Å²) in [6.45, 7) is -0.428. The minimum absolute atomic E-state index is 0.0176. The molecule has 176 valence electrons. The fraction of sp³-hybridized carbons (Fsp3) is 0.167. The molecular weight excluding hydrogens is 470 g/mol. The number of aliphatic hydroxyl groups is 1. The van der Waals surface area contributed by atoms with Crippen LogP contribution in [0.4, 0.5) is 10.5 Å². The molecule has 11 heteroatoms. The van der Waals surface area contributed by atoms with Crippen molar-refractivity contribution in [3.05, 3.63) is 88.0 Å². The minimum Gasteiger partial charge on any atom is -0.449 e. The van der Waals surface area contributed by atoms with Gasteiger partial charge in [0.2, 0.25) is 0 Å². The summed E-state index contributed by atoms with van der Waals surface area (Å²) in [6.07, 6.45) is -0.760. The lowest BCUT2D eigenvalue weighted by Crippen LogP contribution is -2.45. The molecule has 10 nitrogen and oxygen atoms in total.